The van der Waals surface area contributed by atoms with Crippen molar-refractivity contribution in [2.45, 2.75) is 39.0 Å². The quantitative estimate of drug-likeness (QED) is 0.668. The van der Waals surface area contributed by atoms with Crippen LogP contribution in [-0.4, -0.2) is 23.2 Å². The van der Waals surface area contributed by atoms with Gasteiger partial charge in [-0.25, -0.2) is 0 Å². The van der Waals surface area contributed by atoms with E-state index < -0.39 is 23.4 Å². The van der Waals surface area contributed by atoms with Crippen LogP contribution in [0.4, 0.5) is 18.9 Å². The number of nitro groups is 1. The van der Waals surface area contributed by atoms with Gasteiger partial charge in [-0.15, -0.1) is 0 Å². The largest absolute Gasteiger partial charge is 0.477 e. The molecule has 0 spiro atoms. The van der Waals surface area contributed by atoms with Crippen LogP contribution in [0.1, 0.15) is 26.3 Å². The molecule has 0 saturated carbocycles. The number of hydrogen-bond acceptors (Lipinski definition) is 4. The van der Waals surface area contributed by atoms with Gasteiger partial charge < -0.3 is 10.1 Å². The van der Waals surface area contributed by atoms with Gasteiger partial charge in [-0.05, 0) is 32.4 Å². The molecule has 0 bridgehead atoms. The summed E-state index contributed by atoms with van der Waals surface area (Å²) in [6.07, 6.45) is -4.55. The number of hydrogen-bond donors (Lipinski definition) is 1. The average Bonchev–Trinajstić information content (AvgIpc) is 2.32. The first-order valence-corrected chi connectivity index (χ1v) is 6.20. The van der Waals surface area contributed by atoms with E-state index in [2.05, 4.69) is 10.1 Å². The lowest BCUT2D eigenvalue weighted by Gasteiger charge is -2.20. The molecule has 8 heteroatoms. The number of rotatable bonds is 5. The van der Waals surface area contributed by atoms with Crippen LogP contribution in [0.3, 0.4) is 0 Å². The number of ether oxygens (including phenoxy) is 1. The zero-order valence-electron chi connectivity index (χ0n) is 12.0. The maximum atomic E-state index is 12.2. The minimum Gasteiger partial charge on any atom is -0.477 e. The van der Waals surface area contributed by atoms with Crippen LogP contribution >= 0.6 is 0 Å². The minimum absolute atomic E-state index is 0.186. The second kappa shape index (κ2) is 6.30. The van der Waals surface area contributed by atoms with Crippen LogP contribution in [-0.2, 0) is 6.54 Å². The normalized spacial score (nSPS) is 12.3. The Balaban J connectivity index is 2.93. The average molecular weight is 306 g/mol. The first-order valence-electron chi connectivity index (χ1n) is 6.20. The zero-order valence-corrected chi connectivity index (χ0v) is 12.0. The number of alkyl halides is 3. The number of nitrogens with one attached hydrogen (secondary N) is 1. The summed E-state index contributed by atoms with van der Waals surface area (Å²) in [4.78, 5) is 10.0. The highest BCUT2D eigenvalue weighted by atomic mass is 19.4. The molecule has 0 atom stereocenters. The van der Waals surface area contributed by atoms with Crippen LogP contribution in [0.15, 0.2) is 18.2 Å². The van der Waals surface area contributed by atoms with Gasteiger partial charge in [-0.2, -0.15) is 13.2 Å². The van der Waals surface area contributed by atoms with E-state index in [1.54, 1.807) is 0 Å². The standard InChI is InChI=1S/C13H17F3N2O3/c1-12(2,3)17-7-9-4-5-10(18(19)20)11(6-9)21-8-13(14,15)16/h4-6,17H,7-8H2,1-3H3. The van der Waals surface area contributed by atoms with E-state index in [0.29, 0.717) is 12.1 Å². The smallest absolute Gasteiger partial charge is 0.422 e. The van der Waals surface area contributed by atoms with Crippen molar-refractivity contribution in [1.29, 1.82) is 0 Å². The summed E-state index contributed by atoms with van der Waals surface area (Å²) in [5, 5.41) is 13.9. The molecule has 0 aliphatic heterocycles. The van der Waals surface area contributed by atoms with Gasteiger partial charge in [0.25, 0.3) is 0 Å². The van der Waals surface area contributed by atoms with Gasteiger partial charge >= 0.3 is 11.9 Å². The lowest BCUT2D eigenvalue weighted by Crippen LogP contribution is -2.35. The molecule has 1 aromatic carbocycles. The Morgan fingerprint density at radius 3 is 2.38 bits per heavy atom. The van der Waals surface area contributed by atoms with Crippen LogP contribution in [0.2, 0.25) is 0 Å². The van der Waals surface area contributed by atoms with Gasteiger partial charge in [0.05, 0.1) is 4.92 Å². The molecule has 1 rings (SSSR count). The van der Waals surface area contributed by atoms with Crippen molar-refractivity contribution in [2.75, 3.05) is 6.61 Å². The highest BCUT2D eigenvalue weighted by Gasteiger charge is 2.30. The van der Waals surface area contributed by atoms with Crippen molar-refractivity contribution < 1.29 is 22.8 Å². The molecule has 0 saturated heterocycles. The third kappa shape index (κ3) is 6.44. The lowest BCUT2D eigenvalue weighted by atomic mass is 10.1. The van der Waals surface area contributed by atoms with Crippen LogP contribution in [0.5, 0.6) is 5.75 Å². The van der Waals surface area contributed by atoms with E-state index in [0.717, 1.165) is 6.07 Å². The molecule has 21 heavy (non-hydrogen) atoms. The number of benzene rings is 1. The van der Waals surface area contributed by atoms with E-state index >= 15 is 0 Å². The van der Waals surface area contributed by atoms with Gasteiger partial charge in [-0.3, -0.25) is 10.1 Å². The molecule has 118 valence electrons. The highest BCUT2D eigenvalue weighted by molar-refractivity contribution is 5.48. The monoisotopic (exact) mass is 306 g/mol. The second-order valence-corrected chi connectivity index (χ2v) is 5.57. The van der Waals surface area contributed by atoms with Crippen LogP contribution < -0.4 is 10.1 Å². The van der Waals surface area contributed by atoms with Gasteiger partial charge in [-0.1, -0.05) is 6.07 Å². The first-order chi connectivity index (χ1) is 9.48. The van der Waals surface area contributed by atoms with Gasteiger partial charge in [0.15, 0.2) is 12.4 Å². The fourth-order valence-electron chi connectivity index (χ4n) is 1.46. The topological polar surface area (TPSA) is 64.4 Å². The lowest BCUT2D eigenvalue weighted by molar-refractivity contribution is -0.386. The third-order valence-electron chi connectivity index (χ3n) is 2.44. The molecule has 5 nitrogen and oxygen atoms in total. The van der Waals surface area contributed by atoms with E-state index in [-0.39, 0.29) is 11.3 Å². The van der Waals surface area contributed by atoms with E-state index in [1.807, 2.05) is 20.8 Å². The summed E-state index contributed by atoms with van der Waals surface area (Å²) in [6.45, 7) is 4.59. The Bertz CT molecular complexity index is 510. The fraction of sp³-hybridized carbons (Fsp3) is 0.538. The predicted octanol–water partition coefficient (Wildman–Crippen LogP) is 3.42. The summed E-state index contributed by atoms with van der Waals surface area (Å²) in [7, 11) is 0. The van der Waals surface area contributed by atoms with Gasteiger partial charge in [0.2, 0.25) is 0 Å². The molecular weight excluding hydrogens is 289 g/mol. The molecule has 0 aromatic heterocycles. The van der Waals surface area contributed by atoms with Gasteiger partial charge in [0, 0.05) is 18.2 Å². The molecule has 0 amide bonds. The summed E-state index contributed by atoms with van der Waals surface area (Å²) in [6, 6.07) is 3.88. The Morgan fingerprint density at radius 1 is 1.29 bits per heavy atom. The minimum atomic E-state index is -4.55. The Hall–Kier alpha value is -1.83. The van der Waals surface area contributed by atoms with E-state index in [1.165, 1.54) is 12.1 Å². The summed E-state index contributed by atoms with van der Waals surface area (Å²) in [5.74, 6) is -0.384. The second-order valence-electron chi connectivity index (χ2n) is 5.57. The summed E-state index contributed by atoms with van der Waals surface area (Å²) < 4.78 is 41.1. The molecule has 0 heterocycles. The van der Waals surface area contributed by atoms with Crippen LogP contribution in [0.25, 0.3) is 0 Å². The van der Waals surface area contributed by atoms with Crippen molar-refractivity contribution in [2.24, 2.45) is 0 Å². The molecule has 0 aliphatic carbocycles. The molecular formula is C13H17F3N2O3. The number of nitrogens with zero attached hydrogens (tertiary/aromatic N) is 1. The maximum Gasteiger partial charge on any atom is 0.422 e. The van der Waals surface area contributed by atoms with Crippen molar-refractivity contribution in [3.63, 3.8) is 0 Å². The molecule has 0 radical (unpaired) electrons. The first kappa shape index (κ1) is 17.2. The zero-order chi connectivity index (χ0) is 16.3. The predicted molar refractivity (Wildman–Crippen MR) is 71.2 cm³/mol. The van der Waals surface area contributed by atoms with Crippen molar-refractivity contribution in [3.8, 4) is 5.75 Å². The molecule has 0 unspecified atom stereocenters. The summed E-state index contributed by atoms with van der Waals surface area (Å²) in [5.41, 5.74) is -0.0687. The highest BCUT2D eigenvalue weighted by Crippen LogP contribution is 2.29. The fourth-order valence-corrected chi connectivity index (χ4v) is 1.46. The third-order valence-corrected chi connectivity index (χ3v) is 2.44. The van der Waals surface area contributed by atoms with Crippen molar-refractivity contribution in [3.05, 3.63) is 33.9 Å². The van der Waals surface area contributed by atoms with Gasteiger partial charge in [0.1, 0.15) is 0 Å². The van der Waals surface area contributed by atoms with Crippen molar-refractivity contribution >= 4 is 5.69 Å². The van der Waals surface area contributed by atoms with Crippen molar-refractivity contribution in [1.82, 2.24) is 5.32 Å². The molecule has 0 fully saturated rings. The molecule has 1 aromatic rings. The molecule has 1 N–H and O–H groups in total. The van der Waals surface area contributed by atoms with E-state index in [9.17, 15) is 23.3 Å². The number of nitro benzene ring substituents is 1. The Labute approximate surface area is 120 Å². The molecule has 0 aliphatic rings. The SMILES string of the molecule is CC(C)(C)NCc1ccc([N+](=O)[O-])c(OCC(F)(F)F)c1. The number of halogens is 3. The Kier molecular flexibility index (Phi) is 5.16. The maximum absolute atomic E-state index is 12.2. The summed E-state index contributed by atoms with van der Waals surface area (Å²) >= 11 is 0. The van der Waals surface area contributed by atoms with Crippen LogP contribution in [0, 0.1) is 10.1 Å². The van der Waals surface area contributed by atoms with E-state index in [4.69, 9.17) is 0 Å². The Morgan fingerprint density at radius 2 is 1.90 bits per heavy atom.